The van der Waals surface area contributed by atoms with Gasteiger partial charge in [0, 0.05) is 18.2 Å². The van der Waals surface area contributed by atoms with Crippen molar-refractivity contribution in [3.63, 3.8) is 0 Å². The van der Waals surface area contributed by atoms with E-state index in [1.54, 1.807) is 34.5 Å². The number of rotatable bonds is 7. The smallest absolute Gasteiger partial charge is 0.338 e. The number of esters is 1. The third-order valence-electron chi connectivity index (χ3n) is 5.31. The summed E-state index contributed by atoms with van der Waals surface area (Å²) in [5.74, 6) is 1.25. The second-order valence-corrected chi connectivity index (χ2v) is 6.89. The van der Waals surface area contributed by atoms with Crippen molar-refractivity contribution in [1.82, 2.24) is 0 Å². The third-order valence-corrected chi connectivity index (χ3v) is 5.31. The second kappa shape index (κ2) is 9.82. The molecule has 0 aliphatic heterocycles. The second-order valence-electron chi connectivity index (χ2n) is 6.89. The zero-order valence-electron chi connectivity index (χ0n) is 18.1. The van der Waals surface area contributed by atoms with E-state index in [1.165, 1.54) is 7.11 Å². The molecule has 2 aromatic rings. The molecule has 1 atom stereocenters. The Balaban J connectivity index is 2.36. The molecular formula is C23H28O7. The van der Waals surface area contributed by atoms with E-state index < -0.39 is 5.97 Å². The Hall–Kier alpha value is -2.77. The zero-order chi connectivity index (χ0) is 21.7. The van der Waals surface area contributed by atoms with Crippen LogP contribution in [-0.4, -0.2) is 48.3 Å². The van der Waals surface area contributed by atoms with Crippen molar-refractivity contribution in [2.24, 2.45) is 0 Å². The fourth-order valence-electron chi connectivity index (χ4n) is 4.06. The minimum atomic E-state index is -0.417. The van der Waals surface area contributed by atoms with E-state index in [0.717, 1.165) is 41.5 Å². The number of carbonyl (C=O) groups excluding carboxylic acids is 1. The molecule has 7 nitrogen and oxygen atoms in total. The first kappa shape index (κ1) is 21.9. The van der Waals surface area contributed by atoms with Gasteiger partial charge in [0.1, 0.15) is 6.79 Å². The summed E-state index contributed by atoms with van der Waals surface area (Å²) in [6.45, 7) is 0.121. The van der Waals surface area contributed by atoms with E-state index in [-0.39, 0.29) is 12.9 Å². The van der Waals surface area contributed by atoms with Gasteiger partial charge in [0.15, 0.2) is 11.5 Å². The maximum atomic E-state index is 12.6. The predicted octanol–water partition coefficient (Wildman–Crippen LogP) is 4.16. The lowest BCUT2D eigenvalue weighted by atomic mass is 9.83. The first-order valence-electron chi connectivity index (χ1n) is 9.75. The summed E-state index contributed by atoms with van der Waals surface area (Å²) in [5.41, 5.74) is 3.97. The Morgan fingerprint density at radius 2 is 1.80 bits per heavy atom. The van der Waals surface area contributed by atoms with Gasteiger partial charge in [0.2, 0.25) is 5.75 Å². The van der Waals surface area contributed by atoms with Gasteiger partial charge in [0.25, 0.3) is 0 Å². The molecule has 1 aliphatic rings. The maximum absolute atomic E-state index is 12.6. The van der Waals surface area contributed by atoms with E-state index in [1.807, 2.05) is 18.2 Å². The number of methoxy groups -OCH3 is 5. The van der Waals surface area contributed by atoms with Crippen LogP contribution in [0, 0.1) is 0 Å². The number of ether oxygens (including phenoxy) is 6. The fraction of sp³-hybridized carbons (Fsp3) is 0.435. The number of aryl methyl sites for hydroxylation is 1. The number of hydrogen-bond acceptors (Lipinski definition) is 7. The van der Waals surface area contributed by atoms with Crippen LogP contribution in [0.5, 0.6) is 17.2 Å². The van der Waals surface area contributed by atoms with Gasteiger partial charge in [-0.1, -0.05) is 12.1 Å². The normalized spacial score (nSPS) is 15.3. The summed E-state index contributed by atoms with van der Waals surface area (Å²) in [6.07, 6.45) is 2.03. The lowest BCUT2D eigenvalue weighted by molar-refractivity contribution is -0.0765. The van der Waals surface area contributed by atoms with Gasteiger partial charge in [-0.25, -0.2) is 4.79 Å². The van der Waals surface area contributed by atoms with Crippen LogP contribution in [0.15, 0.2) is 24.3 Å². The number of carbonyl (C=O) groups is 1. The van der Waals surface area contributed by atoms with Crippen LogP contribution in [0.1, 0.15) is 40.4 Å². The summed E-state index contributed by atoms with van der Waals surface area (Å²) >= 11 is 0. The van der Waals surface area contributed by atoms with Crippen LogP contribution >= 0.6 is 0 Å². The topological polar surface area (TPSA) is 72.5 Å². The average molecular weight is 416 g/mol. The largest absolute Gasteiger partial charge is 0.493 e. The van der Waals surface area contributed by atoms with Gasteiger partial charge in [-0.2, -0.15) is 0 Å². The lowest BCUT2D eigenvalue weighted by Crippen LogP contribution is -2.17. The molecule has 0 heterocycles. The molecule has 30 heavy (non-hydrogen) atoms. The van der Waals surface area contributed by atoms with Crippen LogP contribution in [0.4, 0.5) is 0 Å². The molecule has 162 valence electrons. The van der Waals surface area contributed by atoms with Crippen LogP contribution in [0.25, 0.3) is 11.1 Å². The van der Waals surface area contributed by atoms with Crippen molar-refractivity contribution >= 4 is 5.97 Å². The fourth-order valence-corrected chi connectivity index (χ4v) is 4.06. The Morgan fingerprint density at radius 3 is 2.43 bits per heavy atom. The number of fused-ring (bicyclic) bond motifs is 3. The molecule has 0 bridgehead atoms. The van der Waals surface area contributed by atoms with Crippen molar-refractivity contribution in [1.29, 1.82) is 0 Å². The Bertz CT molecular complexity index is 907. The monoisotopic (exact) mass is 416 g/mol. The average Bonchev–Trinajstić information content (AvgIpc) is 2.77. The predicted molar refractivity (Wildman–Crippen MR) is 112 cm³/mol. The molecule has 3 rings (SSSR count). The quantitative estimate of drug-likeness (QED) is 0.496. The summed E-state index contributed by atoms with van der Waals surface area (Å²) in [4.78, 5) is 12.6. The SMILES string of the molecule is COCO[C@@H]1CCCc2cc(OC)c(OC)c(OC)c2-c2cccc(C(=O)OC)c21. The highest BCUT2D eigenvalue weighted by molar-refractivity contribution is 5.95. The highest BCUT2D eigenvalue weighted by Crippen LogP contribution is 2.50. The minimum Gasteiger partial charge on any atom is -0.493 e. The van der Waals surface area contributed by atoms with Gasteiger partial charge >= 0.3 is 5.97 Å². The highest BCUT2D eigenvalue weighted by Gasteiger charge is 2.31. The van der Waals surface area contributed by atoms with Crippen LogP contribution in [0.2, 0.25) is 0 Å². The molecule has 0 unspecified atom stereocenters. The molecule has 0 N–H and O–H groups in total. The molecule has 1 aliphatic carbocycles. The molecule has 0 radical (unpaired) electrons. The molecule has 0 saturated carbocycles. The van der Waals surface area contributed by atoms with Crippen LogP contribution in [-0.2, 0) is 20.6 Å². The standard InChI is InChI=1S/C23H28O7/c1-25-13-30-17-11-6-8-14-12-18(26-2)21(27-3)22(28-4)19(14)15-9-7-10-16(20(15)17)23(24)29-5/h7,9-10,12,17H,6,8,11,13H2,1-5H3/t17-/m1/s1. The molecule has 7 heteroatoms. The molecule has 0 fully saturated rings. The lowest BCUT2D eigenvalue weighted by Gasteiger charge is -2.28. The summed E-state index contributed by atoms with van der Waals surface area (Å²) in [5, 5.41) is 0. The van der Waals surface area contributed by atoms with E-state index >= 15 is 0 Å². The van der Waals surface area contributed by atoms with E-state index in [9.17, 15) is 4.79 Å². The third kappa shape index (κ3) is 3.95. The number of benzene rings is 2. The van der Waals surface area contributed by atoms with Crippen molar-refractivity contribution in [2.75, 3.05) is 42.3 Å². The zero-order valence-corrected chi connectivity index (χ0v) is 18.1. The summed E-state index contributed by atoms with van der Waals surface area (Å²) in [7, 11) is 7.72. The molecular weight excluding hydrogens is 388 g/mol. The molecule has 0 spiro atoms. The van der Waals surface area contributed by atoms with Gasteiger partial charge < -0.3 is 28.4 Å². The maximum Gasteiger partial charge on any atom is 0.338 e. The van der Waals surface area contributed by atoms with E-state index in [0.29, 0.717) is 22.8 Å². The molecule has 2 aromatic carbocycles. The first-order valence-corrected chi connectivity index (χ1v) is 9.75. The van der Waals surface area contributed by atoms with Crippen LogP contribution < -0.4 is 14.2 Å². The summed E-state index contributed by atoms with van der Waals surface area (Å²) < 4.78 is 33.1. The Morgan fingerprint density at radius 1 is 1.03 bits per heavy atom. The van der Waals surface area contributed by atoms with E-state index in [4.69, 9.17) is 28.4 Å². The Kier molecular flexibility index (Phi) is 7.18. The first-order chi connectivity index (χ1) is 14.6. The van der Waals surface area contributed by atoms with Gasteiger partial charge in [0.05, 0.1) is 40.1 Å². The minimum absolute atomic E-state index is 0.121. The van der Waals surface area contributed by atoms with Gasteiger partial charge in [-0.15, -0.1) is 0 Å². The van der Waals surface area contributed by atoms with Crippen molar-refractivity contribution in [3.8, 4) is 28.4 Å². The number of hydrogen-bond donors (Lipinski definition) is 0. The molecule has 0 amide bonds. The molecule has 0 saturated heterocycles. The molecule has 0 aromatic heterocycles. The van der Waals surface area contributed by atoms with Crippen molar-refractivity contribution in [2.45, 2.75) is 25.4 Å². The van der Waals surface area contributed by atoms with Crippen molar-refractivity contribution in [3.05, 3.63) is 41.0 Å². The highest BCUT2D eigenvalue weighted by atomic mass is 16.7. The Labute approximate surface area is 176 Å². The van der Waals surface area contributed by atoms with Gasteiger partial charge in [-0.3, -0.25) is 0 Å². The van der Waals surface area contributed by atoms with E-state index in [2.05, 4.69) is 0 Å². The summed E-state index contributed by atoms with van der Waals surface area (Å²) in [6, 6.07) is 7.52. The van der Waals surface area contributed by atoms with Gasteiger partial charge in [-0.05, 0) is 42.5 Å². The van der Waals surface area contributed by atoms with Crippen LogP contribution in [0.3, 0.4) is 0 Å². The van der Waals surface area contributed by atoms with Crippen molar-refractivity contribution < 1.29 is 33.2 Å².